The molecule has 0 saturated heterocycles. The Bertz CT molecular complexity index is 3110. The second-order valence-electron chi connectivity index (χ2n) is 15.3. The van der Waals surface area contributed by atoms with Crippen molar-refractivity contribution in [2.24, 2.45) is 0 Å². The minimum atomic E-state index is 1.02. The van der Waals surface area contributed by atoms with Crippen molar-refractivity contribution >= 4 is 94.3 Å². The third-order valence-corrected chi connectivity index (χ3v) is 12.4. The molecular formula is C57H40N4S. The Kier molecular flexibility index (Phi) is 9.69. The van der Waals surface area contributed by atoms with Crippen LogP contribution in [0.25, 0.3) is 42.3 Å². The second-order valence-corrected chi connectivity index (χ2v) is 16.3. The third-order valence-electron chi connectivity index (χ3n) is 11.4. The summed E-state index contributed by atoms with van der Waals surface area (Å²) >= 11 is 1.75. The van der Waals surface area contributed by atoms with E-state index in [1.54, 1.807) is 11.3 Å². The van der Waals surface area contributed by atoms with Gasteiger partial charge >= 0.3 is 0 Å². The Labute approximate surface area is 365 Å². The normalized spacial score (nSPS) is 11.2. The first kappa shape index (κ1) is 37.0. The molecule has 11 aromatic rings. The van der Waals surface area contributed by atoms with E-state index in [-0.39, 0.29) is 0 Å². The first-order valence-electron chi connectivity index (χ1n) is 20.9. The van der Waals surface area contributed by atoms with Crippen LogP contribution in [0.5, 0.6) is 0 Å². The summed E-state index contributed by atoms with van der Waals surface area (Å²) in [5.41, 5.74) is 11.6. The van der Waals surface area contributed by atoms with E-state index in [4.69, 9.17) is 4.98 Å². The van der Waals surface area contributed by atoms with Crippen LogP contribution in [-0.4, -0.2) is 4.98 Å². The van der Waals surface area contributed by atoms with Gasteiger partial charge in [-0.15, -0.1) is 11.3 Å². The van der Waals surface area contributed by atoms with Crippen LogP contribution in [-0.2, 0) is 0 Å². The molecule has 0 saturated carbocycles. The van der Waals surface area contributed by atoms with Crippen LogP contribution in [0, 0.1) is 0 Å². The van der Waals surface area contributed by atoms with Gasteiger partial charge in [-0.05, 0) is 113 Å². The zero-order chi connectivity index (χ0) is 41.2. The molecule has 0 amide bonds. The van der Waals surface area contributed by atoms with Gasteiger partial charge in [0.1, 0.15) is 5.01 Å². The minimum absolute atomic E-state index is 1.02. The van der Waals surface area contributed by atoms with Gasteiger partial charge in [0.05, 0.1) is 27.3 Å². The lowest BCUT2D eigenvalue weighted by atomic mass is 10.00. The average molecular weight is 813 g/mol. The maximum absolute atomic E-state index is 5.32. The minimum Gasteiger partial charge on any atom is -0.310 e. The maximum Gasteiger partial charge on any atom is 0.124 e. The Hall–Kier alpha value is -7.99. The van der Waals surface area contributed by atoms with Crippen molar-refractivity contribution in [1.29, 1.82) is 0 Å². The fourth-order valence-electron chi connectivity index (χ4n) is 8.55. The number of thiazole rings is 1. The Morgan fingerprint density at radius 2 is 0.677 bits per heavy atom. The van der Waals surface area contributed by atoms with E-state index in [9.17, 15) is 0 Å². The van der Waals surface area contributed by atoms with Crippen LogP contribution >= 0.6 is 11.3 Å². The molecule has 0 aliphatic heterocycles. The summed E-state index contributed by atoms with van der Waals surface area (Å²) in [5, 5.41) is 5.70. The smallest absolute Gasteiger partial charge is 0.124 e. The number of nitrogens with zero attached hydrogens (tertiary/aromatic N) is 4. The van der Waals surface area contributed by atoms with Gasteiger partial charge in [-0.1, -0.05) is 146 Å². The van der Waals surface area contributed by atoms with Gasteiger partial charge in [-0.25, -0.2) is 4.98 Å². The van der Waals surface area contributed by atoms with Crippen LogP contribution in [0.1, 0.15) is 0 Å². The van der Waals surface area contributed by atoms with Gasteiger partial charge in [0.15, 0.2) is 0 Å². The van der Waals surface area contributed by atoms with E-state index in [0.29, 0.717) is 0 Å². The molecule has 0 unspecified atom stereocenters. The fraction of sp³-hybridized carbons (Fsp3) is 0. The van der Waals surface area contributed by atoms with Gasteiger partial charge < -0.3 is 14.7 Å². The SMILES string of the molecule is c1ccc(-c2nc3c(ccc4ccc5ccc(N(c6ccccc6)c6cc(N(c7ccccc7)c7ccccc7)cc(N(c7ccccc7)c7ccccc7)c6)cc5c43)s2)cc1. The van der Waals surface area contributed by atoms with E-state index in [2.05, 4.69) is 257 Å². The summed E-state index contributed by atoms with van der Waals surface area (Å²) in [4.78, 5) is 12.4. The summed E-state index contributed by atoms with van der Waals surface area (Å²) in [6, 6.07) is 86.5. The Morgan fingerprint density at radius 3 is 1.13 bits per heavy atom. The highest BCUT2D eigenvalue weighted by Crippen LogP contribution is 2.47. The van der Waals surface area contributed by atoms with Gasteiger partial charge in [0, 0.05) is 45.1 Å². The van der Waals surface area contributed by atoms with Crippen LogP contribution in [0.15, 0.2) is 243 Å². The molecule has 11 rings (SSSR count). The number of anilines is 9. The molecule has 1 aromatic heterocycles. The van der Waals surface area contributed by atoms with Crippen molar-refractivity contribution in [3.63, 3.8) is 0 Å². The van der Waals surface area contributed by atoms with Gasteiger partial charge in [-0.3, -0.25) is 0 Å². The third kappa shape index (κ3) is 7.00. The largest absolute Gasteiger partial charge is 0.310 e. The molecule has 294 valence electrons. The molecule has 0 aliphatic carbocycles. The van der Waals surface area contributed by atoms with E-state index in [0.717, 1.165) is 67.3 Å². The first-order valence-corrected chi connectivity index (χ1v) is 21.7. The molecule has 62 heavy (non-hydrogen) atoms. The maximum atomic E-state index is 5.32. The molecule has 1 heterocycles. The van der Waals surface area contributed by atoms with Crippen LogP contribution < -0.4 is 14.7 Å². The fourth-order valence-corrected chi connectivity index (χ4v) is 9.53. The number of rotatable bonds is 10. The molecule has 0 N–H and O–H groups in total. The number of para-hydroxylation sites is 5. The lowest BCUT2D eigenvalue weighted by Crippen LogP contribution is -2.16. The molecule has 0 atom stereocenters. The van der Waals surface area contributed by atoms with Crippen molar-refractivity contribution < 1.29 is 0 Å². The van der Waals surface area contributed by atoms with E-state index >= 15 is 0 Å². The average Bonchev–Trinajstić information content (AvgIpc) is 3.79. The number of hydrogen-bond donors (Lipinski definition) is 0. The van der Waals surface area contributed by atoms with Crippen molar-refractivity contribution in [1.82, 2.24) is 4.98 Å². The van der Waals surface area contributed by atoms with Crippen molar-refractivity contribution in [3.8, 4) is 10.6 Å². The molecular weight excluding hydrogens is 773 g/mol. The van der Waals surface area contributed by atoms with E-state index in [1.807, 2.05) is 0 Å². The van der Waals surface area contributed by atoms with Crippen LogP contribution in [0.4, 0.5) is 51.2 Å². The molecule has 0 bridgehead atoms. The van der Waals surface area contributed by atoms with E-state index in [1.165, 1.54) is 26.2 Å². The predicted molar refractivity (Wildman–Crippen MR) is 264 cm³/mol. The van der Waals surface area contributed by atoms with Crippen molar-refractivity contribution in [2.45, 2.75) is 0 Å². The van der Waals surface area contributed by atoms with Crippen LogP contribution in [0.3, 0.4) is 0 Å². The predicted octanol–water partition coefficient (Wildman–Crippen LogP) is 16.7. The van der Waals surface area contributed by atoms with Gasteiger partial charge in [-0.2, -0.15) is 0 Å². The molecule has 4 nitrogen and oxygen atoms in total. The van der Waals surface area contributed by atoms with Gasteiger partial charge in [0.25, 0.3) is 0 Å². The summed E-state index contributed by atoms with van der Waals surface area (Å²) in [5.74, 6) is 0. The second kappa shape index (κ2) is 16.2. The standard InChI is InChI=1S/C57H40N4S/c1-7-19-43(20-8-1)57-58-56-54(62-57)36-34-42-32-31-41-33-35-49(40-53(41)55(42)56)61(48-29-17-6-18-30-48)52-38-50(59(44-21-9-2-10-22-44)45-23-11-3-12-24-45)37-51(39-52)60(46-25-13-4-14-26-46)47-27-15-5-16-28-47/h1-40H. The van der Waals surface area contributed by atoms with Crippen molar-refractivity contribution in [2.75, 3.05) is 14.7 Å². The first-order chi connectivity index (χ1) is 30.7. The summed E-state index contributed by atoms with van der Waals surface area (Å²) in [7, 11) is 0. The molecule has 0 radical (unpaired) electrons. The number of hydrogen-bond acceptors (Lipinski definition) is 5. The summed E-state index contributed by atoms with van der Waals surface area (Å²) in [6.07, 6.45) is 0. The summed E-state index contributed by atoms with van der Waals surface area (Å²) < 4.78 is 1.18. The Morgan fingerprint density at radius 1 is 0.306 bits per heavy atom. The monoisotopic (exact) mass is 812 g/mol. The zero-order valence-electron chi connectivity index (χ0n) is 33.8. The van der Waals surface area contributed by atoms with Crippen molar-refractivity contribution in [3.05, 3.63) is 243 Å². The van der Waals surface area contributed by atoms with E-state index < -0.39 is 0 Å². The molecule has 10 aromatic carbocycles. The molecule has 5 heteroatoms. The topological polar surface area (TPSA) is 22.6 Å². The van der Waals surface area contributed by atoms with Crippen LogP contribution in [0.2, 0.25) is 0 Å². The molecule has 0 aliphatic rings. The number of aromatic nitrogens is 1. The lowest BCUT2D eigenvalue weighted by Gasteiger charge is -2.33. The highest BCUT2D eigenvalue weighted by atomic mass is 32.1. The Balaban J connectivity index is 1.18. The highest BCUT2D eigenvalue weighted by molar-refractivity contribution is 7.21. The van der Waals surface area contributed by atoms with Gasteiger partial charge in [0.2, 0.25) is 0 Å². The summed E-state index contributed by atoms with van der Waals surface area (Å²) in [6.45, 7) is 0. The highest BCUT2D eigenvalue weighted by Gasteiger charge is 2.23. The lowest BCUT2D eigenvalue weighted by molar-refractivity contribution is 1.22. The number of fused-ring (bicyclic) bond motifs is 5. The molecule has 0 fully saturated rings. The molecule has 0 spiro atoms. The quantitative estimate of drug-likeness (QED) is 0.128. The zero-order valence-corrected chi connectivity index (χ0v) is 34.6. The number of benzene rings is 10.